The van der Waals surface area contributed by atoms with E-state index in [4.69, 9.17) is 16.0 Å². The van der Waals surface area contributed by atoms with Crippen molar-refractivity contribution in [1.29, 1.82) is 0 Å². The van der Waals surface area contributed by atoms with Crippen LogP contribution in [0.4, 0.5) is 4.79 Å². The van der Waals surface area contributed by atoms with Crippen LogP contribution in [0.5, 0.6) is 0 Å². The topological polar surface area (TPSA) is 74.5 Å². The molecule has 2 rings (SSSR count). The average Bonchev–Trinajstić information content (AvgIpc) is 2.81. The van der Waals surface area contributed by atoms with Gasteiger partial charge in [-0.05, 0) is 37.6 Å². The Hall–Kier alpha value is -1.98. The Bertz CT molecular complexity index is 637. The van der Waals surface area contributed by atoms with Crippen LogP contribution in [-0.4, -0.2) is 17.7 Å². The Balaban J connectivity index is 1.92. The highest BCUT2D eigenvalue weighted by Crippen LogP contribution is 2.16. The summed E-state index contributed by atoms with van der Waals surface area (Å²) in [5, 5.41) is 15.5. The first-order valence-corrected chi connectivity index (χ1v) is 7.34. The number of hydrogen-bond acceptors (Lipinski definition) is 3. The molecule has 3 N–H and O–H groups in total. The fraction of sp³-hybridized carbons (Fsp3) is 0.312. The summed E-state index contributed by atoms with van der Waals surface area (Å²) < 4.78 is 5.41. The number of aliphatic hydroxyl groups excluding tert-OH is 1. The maximum Gasteiger partial charge on any atom is 0.315 e. The zero-order valence-electron chi connectivity index (χ0n) is 12.5. The molecule has 0 aliphatic heterocycles. The number of carbonyl (C=O) groups excluding carboxylic acids is 1. The third-order valence-electron chi connectivity index (χ3n) is 3.34. The van der Waals surface area contributed by atoms with Crippen LogP contribution in [-0.2, 0) is 6.54 Å². The van der Waals surface area contributed by atoms with Crippen molar-refractivity contribution >= 4 is 17.6 Å². The average molecular weight is 323 g/mol. The SMILES string of the molecule is Cc1cc(CNC(=O)NC(CO)c2ccc(Cl)cc2)c(C)o1. The quantitative estimate of drug-likeness (QED) is 0.792. The number of hydrogen-bond donors (Lipinski definition) is 3. The van der Waals surface area contributed by atoms with Crippen LogP contribution in [0.3, 0.4) is 0 Å². The van der Waals surface area contributed by atoms with Gasteiger partial charge in [0.15, 0.2) is 0 Å². The number of urea groups is 1. The summed E-state index contributed by atoms with van der Waals surface area (Å²) in [6.07, 6.45) is 0. The molecule has 0 aliphatic rings. The summed E-state index contributed by atoms with van der Waals surface area (Å²) in [6.45, 7) is 3.89. The van der Waals surface area contributed by atoms with Gasteiger partial charge in [-0.1, -0.05) is 23.7 Å². The number of halogens is 1. The zero-order valence-corrected chi connectivity index (χ0v) is 13.3. The molecule has 118 valence electrons. The van der Waals surface area contributed by atoms with Crippen molar-refractivity contribution in [2.45, 2.75) is 26.4 Å². The number of furan rings is 1. The van der Waals surface area contributed by atoms with E-state index in [1.807, 2.05) is 19.9 Å². The number of benzene rings is 1. The lowest BCUT2D eigenvalue weighted by molar-refractivity contribution is 0.216. The lowest BCUT2D eigenvalue weighted by Crippen LogP contribution is -2.38. The third kappa shape index (κ3) is 4.26. The Kier molecular flexibility index (Phi) is 5.46. The second-order valence-corrected chi connectivity index (χ2v) is 5.49. The molecule has 1 aromatic carbocycles. The fourth-order valence-electron chi connectivity index (χ4n) is 2.17. The lowest BCUT2D eigenvalue weighted by atomic mass is 10.1. The Morgan fingerprint density at radius 2 is 2.00 bits per heavy atom. The molecule has 6 heteroatoms. The molecule has 0 saturated heterocycles. The van der Waals surface area contributed by atoms with Gasteiger partial charge in [-0.25, -0.2) is 4.79 Å². The van der Waals surface area contributed by atoms with Crippen LogP contribution in [0, 0.1) is 13.8 Å². The Labute approximate surface area is 134 Å². The first-order chi connectivity index (χ1) is 10.5. The Morgan fingerprint density at radius 1 is 1.32 bits per heavy atom. The molecule has 0 saturated carbocycles. The fourth-order valence-corrected chi connectivity index (χ4v) is 2.30. The van der Waals surface area contributed by atoms with Crippen LogP contribution in [0.15, 0.2) is 34.7 Å². The lowest BCUT2D eigenvalue weighted by Gasteiger charge is -2.17. The minimum absolute atomic E-state index is 0.196. The van der Waals surface area contributed by atoms with E-state index in [1.165, 1.54) is 0 Å². The standard InChI is InChI=1S/C16H19ClN2O3/c1-10-7-13(11(2)22-10)8-18-16(21)19-15(9-20)12-3-5-14(17)6-4-12/h3-7,15,20H,8-9H2,1-2H3,(H2,18,19,21). The van der Waals surface area contributed by atoms with Crippen molar-refractivity contribution in [3.8, 4) is 0 Å². The highest BCUT2D eigenvalue weighted by molar-refractivity contribution is 6.30. The van der Waals surface area contributed by atoms with E-state index in [2.05, 4.69) is 10.6 Å². The van der Waals surface area contributed by atoms with Crippen molar-refractivity contribution < 1.29 is 14.3 Å². The molecule has 5 nitrogen and oxygen atoms in total. The van der Waals surface area contributed by atoms with E-state index in [1.54, 1.807) is 24.3 Å². The molecule has 2 aromatic rings. The zero-order chi connectivity index (χ0) is 16.1. The summed E-state index contributed by atoms with van der Waals surface area (Å²) in [5.41, 5.74) is 1.72. The van der Waals surface area contributed by atoms with Crippen LogP contribution in [0.1, 0.15) is 28.7 Å². The molecule has 0 aliphatic carbocycles. The molecule has 1 aromatic heterocycles. The van der Waals surface area contributed by atoms with Crippen molar-refractivity contribution in [3.05, 3.63) is 58.0 Å². The third-order valence-corrected chi connectivity index (χ3v) is 3.60. The molecule has 0 radical (unpaired) electrons. The molecule has 2 amide bonds. The Morgan fingerprint density at radius 3 is 2.55 bits per heavy atom. The molecular weight excluding hydrogens is 304 g/mol. The maximum absolute atomic E-state index is 12.0. The van der Waals surface area contributed by atoms with E-state index < -0.39 is 6.04 Å². The number of carbonyl (C=O) groups is 1. The molecule has 1 unspecified atom stereocenters. The van der Waals surface area contributed by atoms with E-state index in [9.17, 15) is 9.90 Å². The highest BCUT2D eigenvalue weighted by Gasteiger charge is 2.14. The number of aliphatic hydroxyl groups is 1. The molecule has 22 heavy (non-hydrogen) atoms. The van der Waals surface area contributed by atoms with Crippen molar-refractivity contribution in [2.75, 3.05) is 6.61 Å². The van der Waals surface area contributed by atoms with Crippen molar-refractivity contribution in [1.82, 2.24) is 10.6 Å². The molecule has 0 bridgehead atoms. The number of amides is 2. The summed E-state index contributed by atoms with van der Waals surface area (Å²) in [7, 11) is 0. The van der Waals surface area contributed by atoms with Crippen LogP contribution < -0.4 is 10.6 Å². The minimum atomic E-state index is -0.482. The predicted molar refractivity (Wildman–Crippen MR) is 84.8 cm³/mol. The van der Waals surface area contributed by atoms with Gasteiger partial charge < -0.3 is 20.2 Å². The van der Waals surface area contributed by atoms with E-state index >= 15 is 0 Å². The first kappa shape index (κ1) is 16.4. The summed E-state index contributed by atoms with van der Waals surface area (Å²) in [6, 6.07) is 8.03. The largest absolute Gasteiger partial charge is 0.466 e. The van der Waals surface area contributed by atoms with Gasteiger partial charge in [-0.3, -0.25) is 0 Å². The molecule has 0 fully saturated rings. The highest BCUT2D eigenvalue weighted by atomic mass is 35.5. The maximum atomic E-state index is 12.0. The van der Waals surface area contributed by atoms with Crippen molar-refractivity contribution in [2.24, 2.45) is 0 Å². The summed E-state index contributed by atoms with van der Waals surface area (Å²) >= 11 is 5.83. The minimum Gasteiger partial charge on any atom is -0.466 e. The van der Waals surface area contributed by atoms with Crippen LogP contribution in [0.25, 0.3) is 0 Å². The van der Waals surface area contributed by atoms with Gasteiger partial charge in [0.1, 0.15) is 11.5 Å². The van der Waals surface area contributed by atoms with Gasteiger partial charge in [0.05, 0.1) is 12.6 Å². The van der Waals surface area contributed by atoms with E-state index in [-0.39, 0.29) is 12.6 Å². The normalized spacial score (nSPS) is 12.0. The van der Waals surface area contributed by atoms with Gasteiger partial charge in [0.2, 0.25) is 0 Å². The second kappa shape index (κ2) is 7.33. The first-order valence-electron chi connectivity index (χ1n) is 6.96. The summed E-state index contributed by atoms with van der Waals surface area (Å²) in [4.78, 5) is 12.0. The number of rotatable bonds is 5. The molecule has 1 heterocycles. The molecule has 0 spiro atoms. The molecular formula is C16H19ClN2O3. The van der Waals surface area contributed by atoms with Gasteiger partial charge in [0, 0.05) is 17.1 Å². The van der Waals surface area contributed by atoms with E-state index in [0.29, 0.717) is 11.6 Å². The smallest absolute Gasteiger partial charge is 0.315 e. The predicted octanol–water partition coefficient (Wildman–Crippen LogP) is 3.08. The van der Waals surface area contributed by atoms with Gasteiger partial charge >= 0.3 is 6.03 Å². The van der Waals surface area contributed by atoms with E-state index in [0.717, 1.165) is 22.6 Å². The van der Waals surface area contributed by atoms with Gasteiger partial charge in [-0.15, -0.1) is 0 Å². The van der Waals surface area contributed by atoms with Gasteiger partial charge in [0.25, 0.3) is 0 Å². The van der Waals surface area contributed by atoms with Crippen molar-refractivity contribution in [3.63, 3.8) is 0 Å². The number of nitrogens with one attached hydrogen (secondary N) is 2. The van der Waals surface area contributed by atoms with Gasteiger partial charge in [-0.2, -0.15) is 0 Å². The van der Waals surface area contributed by atoms with Crippen LogP contribution >= 0.6 is 11.6 Å². The number of aryl methyl sites for hydroxylation is 2. The monoisotopic (exact) mass is 322 g/mol. The second-order valence-electron chi connectivity index (χ2n) is 5.05. The van der Waals surface area contributed by atoms with Crippen LogP contribution in [0.2, 0.25) is 5.02 Å². The molecule has 1 atom stereocenters. The summed E-state index contributed by atoms with van der Waals surface area (Å²) in [5.74, 6) is 1.60.